The van der Waals surface area contributed by atoms with Gasteiger partial charge in [0.25, 0.3) is 0 Å². The van der Waals surface area contributed by atoms with E-state index in [9.17, 15) is 0 Å². The number of hydrogen-bond acceptors (Lipinski definition) is 0. The summed E-state index contributed by atoms with van der Waals surface area (Å²) in [7, 11) is 0. The Morgan fingerprint density at radius 2 is 1.36 bits per heavy atom. The molecule has 0 radical (unpaired) electrons. The quantitative estimate of drug-likeness (QED) is 0.343. The van der Waals surface area contributed by atoms with Gasteiger partial charge < -0.3 is 0 Å². The predicted molar refractivity (Wildman–Crippen MR) is 84.4 cm³/mol. The van der Waals surface area contributed by atoms with E-state index < -0.39 is 0 Å². The summed E-state index contributed by atoms with van der Waals surface area (Å²) >= 11 is 21.5. The summed E-state index contributed by atoms with van der Waals surface area (Å²) in [5, 5.41) is 1.01. The van der Waals surface area contributed by atoms with Crippen LogP contribution >= 0.6 is 95.6 Å². The maximum Gasteiger partial charge on any atom is 0.0907 e. The fraction of sp³-hybridized carbons (Fsp3) is 0.500. The molecule has 6 heteroatoms. The lowest BCUT2D eigenvalue weighted by Gasteiger charge is -2.23. The molecule has 1 rings (SSSR count). The van der Waals surface area contributed by atoms with Crippen molar-refractivity contribution >= 4 is 95.6 Å². The molecule has 0 aromatic carbocycles. The summed E-state index contributed by atoms with van der Waals surface area (Å²) in [5.74, 6) is 0. The number of rotatable bonds is 3. The molecule has 0 bridgehead atoms. The van der Waals surface area contributed by atoms with Crippen LogP contribution in [-0.2, 0) is 0 Å². The van der Waals surface area contributed by atoms with Crippen molar-refractivity contribution < 1.29 is 0 Å². The molecule has 0 N–H and O–H groups in total. The van der Waals surface area contributed by atoms with Gasteiger partial charge in [-0.05, 0) is 44.7 Å². The molecular weight excluding hydrogens is 576 g/mol. The number of alkyl halides is 2. The molecule has 1 aliphatic carbocycles. The maximum absolute atomic E-state index is 3.77. The van der Waals surface area contributed by atoms with Gasteiger partial charge in [-0.25, -0.2) is 0 Å². The van der Waals surface area contributed by atoms with Crippen molar-refractivity contribution in [1.29, 1.82) is 0 Å². The number of halogens is 6. The van der Waals surface area contributed by atoms with Gasteiger partial charge in [0.05, 0.1) is 4.32 Å². The van der Waals surface area contributed by atoms with Gasteiger partial charge in [-0.2, -0.15) is 0 Å². The summed E-state index contributed by atoms with van der Waals surface area (Å²) in [6, 6.07) is 0. The van der Waals surface area contributed by atoms with E-state index in [0.717, 1.165) is 36.1 Å². The van der Waals surface area contributed by atoms with Crippen LogP contribution in [0.3, 0.4) is 0 Å². The summed E-state index contributed by atoms with van der Waals surface area (Å²) in [6.45, 7) is 0. The summed E-state index contributed by atoms with van der Waals surface area (Å²) in [4.78, 5) is 0. The summed E-state index contributed by atoms with van der Waals surface area (Å²) in [5.41, 5.74) is 0. The van der Waals surface area contributed by atoms with Crippen LogP contribution in [0.2, 0.25) is 0 Å². The first-order valence-corrected chi connectivity index (χ1v) is 8.90. The van der Waals surface area contributed by atoms with E-state index in [0.29, 0.717) is 0 Å². The van der Waals surface area contributed by atoms with Crippen LogP contribution in [0, 0.1) is 0 Å². The van der Waals surface area contributed by atoms with Gasteiger partial charge in [0, 0.05) is 23.3 Å². The Morgan fingerprint density at radius 3 is 1.71 bits per heavy atom. The molecule has 80 valence electrons. The largest absolute Gasteiger partial charge is 0.0928 e. The van der Waals surface area contributed by atoms with E-state index in [1.165, 1.54) is 0 Å². The van der Waals surface area contributed by atoms with E-state index in [-0.39, 0.29) is 4.32 Å². The molecule has 0 aromatic rings. The van der Waals surface area contributed by atoms with Crippen LogP contribution in [0.25, 0.3) is 0 Å². The minimum atomic E-state index is -0.113. The summed E-state index contributed by atoms with van der Waals surface area (Å²) < 4.78 is 4.28. The topological polar surface area (TPSA) is 0 Å². The Hall–Kier alpha value is 2.36. The lowest BCUT2D eigenvalue weighted by Crippen LogP contribution is -2.19. The summed E-state index contributed by atoms with van der Waals surface area (Å²) in [6.07, 6.45) is 2.14. The van der Waals surface area contributed by atoms with Gasteiger partial charge in [-0.15, -0.1) is 0 Å². The van der Waals surface area contributed by atoms with Gasteiger partial charge in [-0.1, -0.05) is 63.7 Å². The molecule has 0 heterocycles. The van der Waals surface area contributed by atoms with Gasteiger partial charge in [0.2, 0.25) is 0 Å². The van der Waals surface area contributed by atoms with Gasteiger partial charge in [-0.3, -0.25) is 0 Å². The van der Waals surface area contributed by atoms with Crippen LogP contribution in [0.15, 0.2) is 17.9 Å². The molecule has 1 aliphatic rings. The van der Waals surface area contributed by atoms with Crippen LogP contribution in [0.4, 0.5) is 0 Å². The van der Waals surface area contributed by atoms with E-state index >= 15 is 0 Å². The molecule has 0 saturated carbocycles. The average molecular weight is 582 g/mol. The van der Waals surface area contributed by atoms with Crippen molar-refractivity contribution in [2.75, 3.05) is 5.33 Å². The van der Waals surface area contributed by atoms with E-state index in [1.54, 1.807) is 0 Å². The minimum absolute atomic E-state index is 0.113. The lowest BCUT2D eigenvalue weighted by molar-refractivity contribution is 0.748. The van der Waals surface area contributed by atoms with Crippen molar-refractivity contribution in [1.82, 2.24) is 0 Å². The zero-order chi connectivity index (χ0) is 10.9. The normalized spacial score (nSPS) is 21.0. The zero-order valence-electron chi connectivity index (χ0n) is 6.89. The van der Waals surface area contributed by atoms with Crippen molar-refractivity contribution in [3.05, 3.63) is 17.9 Å². The molecule has 0 spiro atoms. The lowest BCUT2D eigenvalue weighted by atomic mass is 10.1. The van der Waals surface area contributed by atoms with E-state index in [2.05, 4.69) is 95.6 Å². The molecule has 0 unspecified atom stereocenters. The third-order valence-corrected chi connectivity index (χ3v) is 10.1. The highest BCUT2D eigenvalue weighted by Gasteiger charge is 2.41. The number of hydrogen-bond donors (Lipinski definition) is 0. The molecular formula is C8H6Br6. The molecule has 0 aliphatic heterocycles. The number of allylic oxidation sites excluding steroid dienone is 4. The Bertz CT molecular complexity index is 279. The Morgan fingerprint density at radius 1 is 0.929 bits per heavy atom. The third-order valence-electron chi connectivity index (χ3n) is 1.93. The molecule has 0 amide bonds. The van der Waals surface area contributed by atoms with Gasteiger partial charge in [0.15, 0.2) is 0 Å². The standard InChI is InChI=1S/C8H6Br6/c9-3-1-2-8(14)6(12)4(10)5(11)7(8)13/h1-3H2. The first-order valence-electron chi connectivity index (χ1n) is 3.82. The van der Waals surface area contributed by atoms with Crippen molar-refractivity contribution in [3.63, 3.8) is 0 Å². The molecule has 0 atom stereocenters. The first-order chi connectivity index (χ1) is 6.45. The van der Waals surface area contributed by atoms with Crippen molar-refractivity contribution in [2.24, 2.45) is 0 Å². The highest BCUT2D eigenvalue weighted by Crippen LogP contribution is 2.57. The van der Waals surface area contributed by atoms with Crippen LogP contribution in [-0.4, -0.2) is 9.65 Å². The van der Waals surface area contributed by atoms with Crippen LogP contribution < -0.4 is 0 Å². The Kier molecular flexibility index (Phi) is 5.98. The van der Waals surface area contributed by atoms with Crippen molar-refractivity contribution in [3.8, 4) is 0 Å². The van der Waals surface area contributed by atoms with Crippen molar-refractivity contribution in [2.45, 2.75) is 17.2 Å². The predicted octanol–water partition coefficient (Wildman–Crippen LogP) is 6.31. The van der Waals surface area contributed by atoms with E-state index in [1.807, 2.05) is 0 Å². The SMILES string of the molecule is BrCCCC1(Br)C(Br)=C(Br)C(Br)=C1Br. The Labute approximate surface area is 134 Å². The average Bonchev–Trinajstić information content (AvgIpc) is 2.32. The van der Waals surface area contributed by atoms with Gasteiger partial charge >= 0.3 is 0 Å². The fourth-order valence-electron chi connectivity index (χ4n) is 1.17. The zero-order valence-corrected chi connectivity index (χ0v) is 16.4. The van der Waals surface area contributed by atoms with Crippen LogP contribution in [0.5, 0.6) is 0 Å². The smallest absolute Gasteiger partial charge is 0.0907 e. The highest BCUT2D eigenvalue weighted by atomic mass is 79.9. The molecule has 14 heavy (non-hydrogen) atoms. The third kappa shape index (κ3) is 2.61. The second-order valence-corrected chi connectivity index (χ2v) is 8.17. The molecule has 0 saturated heterocycles. The molecule has 0 nitrogen and oxygen atoms in total. The Balaban J connectivity index is 3.00. The van der Waals surface area contributed by atoms with E-state index in [4.69, 9.17) is 0 Å². The minimum Gasteiger partial charge on any atom is -0.0928 e. The second kappa shape index (κ2) is 5.80. The first kappa shape index (κ1) is 14.4. The van der Waals surface area contributed by atoms with Crippen LogP contribution in [0.1, 0.15) is 12.8 Å². The molecule has 0 aromatic heterocycles. The highest BCUT2D eigenvalue weighted by molar-refractivity contribution is 9.18. The van der Waals surface area contributed by atoms with Gasteiger partial charge in [0.1, 0.15) is 0 Å². The fourth-order valence-corrected chi connectivity index (χ4v) is 5.72. The molecule has 0 fully saturated rings. The monoisotopic (exact) mass is 576 g/mol. The second-order valence-electron chi connectivity index (χ2n) is 2.85. The maximum atomic E-state index is 3.77.